The largest absolute Gasteiger partial charge is 0.416 e. The number of amides is 2. The van der Waals surface area contributed by atoms with E-state index < -0.39 is 11.7 Å². The molecule has 1 fully saturated rings. The summed E-state index contributed by atoms with van der Waals surface area (Å²) in [6.45, 7) is 2.39. The van der Waals surface area contributed by atoms with E-state index in [-0.39, 0.29) is 17.9 Å². The third-order valence-corrected chi connectivity index (χ3v) is 6.76. The number of amidine groups is 1. The van der Waals surface area contributed by atoms with E-state index in [1.54, 1.807) is 41.3 Å². The van der Waals surface area contributed by atoms with Crippen molar-refractivity contribution in [1.29, 1.82) is 5.41 Å². The van der Waals surface area contributed by atoms with Crippen molar-refractivity contribution in [1.82, 2.24) is 10.3 Å². The predicted molar refractivity (Wildman–Crippen MR) is 142 cm³/mol. The van der Waals surface area contributed by atoms with Crippen LogP contribution in [0, 0.1) is 5.41 Å². The monoisotopic (exact) mass is 523 g/mol. The predicted octanol–water partition coefficient (Wildman–Crippen LogP) is 4.66. The van der Waals surface area contributed by atoms with Crippen LogP contribution in [0.25, 0.3) is 11.3 Å². The van der Waals surface area contributed by atoms with Crippen LogP contribution in [0.2, 0.25) is 0 Å². The summed E-state index contributed by atoms with van der Waals surface area (Å²) >= 11 is 0. The molecule has 1 aromatic heterocycles. The number of hydrogen-bond donors (Lipinski definition) is 4. The van der Waals surface area contributed by atoms with Crippen LogP contribution in [-0.4, -0.2) is 49.1 Å². The highest BCUT2D eigenvalue weighted by molar-refractivity contribution is 6.05. The first-order valence-electron chi connectivity index (χ1n) is 12.4. The van der Waals surface area contributed by atoms with Gasteiger partial charge in [-0.05, 0) is 61.4 Å². The van der Waals surface area contributed by atoms with E-state index >= 15 is 0 Å². The Morgan fingerprint density at radius 3 is 2.66 bits per heavy atom. The number of nitrogens with two attached hydrogens (primary N) is 1. The van der Waals surface area contributed by atoms with Gasteiger partial charge in [0.2, 0.25) is 0 Å². The van der Waals surface area contributed by atoms with Gasteiger partial charge in [0, 0.05) is 43.0 Å². The van der Waals surface area contributed by atoms with E-state index in [2.05, 4.69) is 15.5 Å². The van der Waals surface area contributed by atoms with Gasteiger partial charge in [-0.2, -0.15) is 13.2 Å². The molecule has 5 N–H and O–H groups in total. The number of pyridine rings is 1. The second-order valence-corrected chi connectivity index (χ2v) is 9.33. The standard InChI is InChI=1S/C27H28F3N7O/c28-27(29,30)19-4-1-3-18(15-19)22-10-11-23-25(35-22)37(21-5-2-14-36(23)16-21)26(38)34-20-8-6-17(7-9-20)24(32)33-13-12-31/h1,3-4,6-11,15,21H,2,5,12-14,16,31H2,(H2,32,33)(H,34,38)/t21-/m1/s1. The Bertz CT molecular complexity index is 1340. The van der Waals surface area contributed by atoms with E-state index in [0.29, 0.717) is 48.0 Å². The minimum Gasteiger partial charge on any atom is -0.369 e. The van der Waals surface area contributed by atoms with Crippen molar-refractivity contribution in [3.05, 3.63) is 71.8 Å². The van der Waals surface area contributed by atoms with Crippen molar-refractivity contribution >= 4 is 29.1 Å². The van der Waals surface area contributed by atoms with Crippen molar-refractivity contribution in [2.75, 3.05) is 41.3 Å². The number of fused-ring (bicyclic) bond motifs is 4. The molecular formula is C27H28F3N7O. The quantitative estimate of drug-likeness (QED) is 0.287. The number of rotatable bonds is 5. The number of carbonyl (C=O) groups excluding carboxylic acids is 1. The number of hydrogen-bond acceptors (Lipinski definition) is 5. The zero-order valence-corrected chi connectivity index (χ0v) is 20.6. The molecule has 2 aromatic carbocycles. The third-order valence-electron chi connectivity index (χ3n) is 6.76. The number of anilines is 3. The molecule has 5 rings (SSSR count). The number of piperidine rings is 1. The molecule has 198 valence electrons. The zero-order chi connectivity index (χ0) is 26.9. The minimum absolute atomic E-state index is 0.117. The number of benzene rings is 2. The Balaban J connectivity index is 1.44. The summed E-state index contributed by atoms with van der Waals surface area (Å²) in [5, 5.41) is 13.9. The summed E-state index contributed by atoms with van der Waals surface area (Å²) in [6, 6.07) is 15.0. The maximum absolute atomic E-state index is 13.6. The molecule has 3 aromatic rings. The summed E-state index contributed by atoms with van der Waals surface area (Å²) in [5.74, 6) is 0.671. The molecule has 0 saturated carbocycles. The van der Waals surface area contributed by atoms with Gasteiger partial charge < -0.3 is 21.3 Å². The van der Waals surface area contributed by atoms with Crippen LogP contribution in [0.3, 0.4) is 0 Å². The number of alkyl halides is 3. The molecule has 2 aliphatic heterocycles. The number of aromatic nitrogens is 1. The van der Waals surface area contributed by atoms with Gasteiger partial charge in [-0.1, -0.05) is 12.1 Å². The fraction of sp³-hybridized carbons (Fsp3) is 0.296. The zero-order valence-electron chi connectivity index (χ0n) is 20.6. The van der Waals surface area contributed by atoms with Gasteiger partial charge in [0.25, 0.3) is 0 Å². The molecule has 1 atom stereocenters. The average molecular weight is 524 g/mol. The summed E-state index contributed by atoms with van der Waals surface area (Å²) in [7, 11) is 0. The number of nitrogens with one attached hydrogen (secondary N) is 3. The van der Waals surface area contributed by atoms with E-state index in [4.69, 9.17) is 16.1 Å². The van der Waals surface area contributed by atoms with Crippen LogP contribution in [0.1, 0.15) is 24.0 Å². The van der Waals surface area contributed by atoms with Gasteiger partial charge >= 0.3 is 12.2 Å². The van der Waals surface area contributed by atoms with Crippen LogP contribution >= 0.6 is 0 Å². The first-order valence-corrected chi connectivity index (χ1v) is 12.4. The van der Waals surface area contributed by atoms with Crippen LogP contribution in [0.5, 0.6) is 0 Å². The van der Waals surface area contributed by atoms with E-state index in [0.717, 1.165) is 37.2 Å². The summed E-state index contributed by atoms with van der Waals surface area (Å²) in [4.78, 5) is 22.1. The molecule has 8 nitrogen and oxygen atoms in total. The lowest BCUT2D eigenvalue weighted by molar-refractivity contribution is -0.137. The molecular weight excluding hydrogens is 495 g/mol. The SMILES string of the molecule is N=C(NCCN)c1ccc(NC(=O)N2c3nc(-c4cccc(C(F)(F)F)c4)ccc3N3CCC[C@@H]2C3)cc1. The van der Waals surface area contributed by atoms with Gasteiger partial charge in [-0.15, -0.1) is 0 Å². The second-order valence-electron chi connectivity index (χ2n) is 9.33. The fourth-order valence-electron chi connectivity index (χ4n) is 4.90. The van der Waals surface area contributed by atoms with E-state index in [1.807, 2.05) is 6.07 Å². The molecule has 0 radical (unpaired) electrons. The Hall–Kier alpha value is -4.12. The maximum Gasteiger partial charge on any atom is 0.416 e. The van der Waals surface area contributed by atoms with Gasteiger partial charge in [-0.25, -0.2) is 9.78 Å². The summed E-state index contributed by atoms with van der Waals surface area (Å²) in [6.07, 6.45) is -2.76. The lowest BCUT2D eigenvalue weighted by atomic mass is 9.99. The first kappa shape index (κ1) is 25.5. The Labute approximate surface area is 218 Å². The van der Waals surface area contributed by atoms with Gasteiger partial charge in [0.1, 0.15) is 5.84 Å². The molecule has 2 bridgehead atoms. The highest BCUT2D eigenvalue weighted by Gasteiger charge is 2.38. The normalized spacial score (nSPS) is 16.6. The van der Waals surface area contributed by atoms with Crippen molar-refractivity contribution in [3.63, 3.8) is 0 Å². The molecule has 2 amide bonds. The molecule has 11 heteroatoms. The molecule has 3 heterocycles. The Kier molecular flexibility index (Phi) is 6.94. The second kappa shape index (κ2) is 10.3. The highest BCUT2D eigenvalue weighted by atomic mass is 19.4. The molecule has 38 heavy (non-hydrogen) atoms. The van der Waals surface area contributed by atoms with Gasteiger partial charge in [-0.3, -0.25) is 10.3 Å². The van der Waals surface area contributed by atoms with Crippen LogP contribution in [0.15, 0.2) is 60.7 Å². The summed E-state index contributed by atoms with van der Waals surface area (Å²) in [5.41, 5.74) is 7.41. The topological polar surface area (TPSA) is 110 Å². The summed E-state index contributed by atoms with van der Waals surface area (Å²) < 4.78 is 39.9. The molecule has 2 aliphatic rings. The highest BCUT2D eigenvalue weighted by Crippen LogP contribution is 2.40. The maximum atomic E-state index is 13.6. The number of carbonyl (C=O) groups is 1. The van der Waals surface area contributed by atoms with Crippen LogP contribution < -0.4 is 26.2 Å². The third kappa shape index (κ3) is 5.14. The van der Waals surface area contributed by atoms with Gasteiger partial charge in [0.05, 0.1) is 23.0 Å². The molecule has 0 aliphatic carbocycles. The Morgan fingerprint density at radius 2 is 1.92 bits per heavy atom. The number of nitrogens with zero attached hydrogens (tertiary/aromatic N) is 3. The van der Waals surface area contributed by atoms with E-state index in [9.17, 15) is 18.0 Å². The average Bonchev–Trinajstić information content (AvgIpc) is 2.91. The van der Waals surface area contributed by atoms with Crippen LogP contribution in [0.4, 0.5) is 35.2 Å². The number of halogens is 3. The fourth-order valence-corrected chi connectivity index (χ4v) is 4.90. The van der Waals surface area contributed by atoms with Crippen molar-refractivity contribution < 1.29 is 18.0 Å². The van der Waals surface area contributed by atoms with Crippen molar-refractivity contribution in [3.8, 4) is 11.3 Å². The lowest BCUT2D eigenvalue weighted by Gasteiger charge is -2.45. The van der Waals surface area contributed by atoms with Crippen molar-refractivity contribution in [2.24, 2.45) is 5.73 Å². The van der Waals surface area contributed by atoms with Crippen molar-refractivity contribution in [2.45, 2.75) is 25.1 Å². The molecule has 0 spiro atoms. The van der Waals surface area contributed by atoms with E-state index in [1.165, 1.54) is 6.07 Å². The lowest BCUT2D eigenvalue weighted by Crippen LogP contribution is -2.56. The molecule has 0 unspecified atom stereocenters. The smallest absolute Gasteiger partial charge is 0.369 e. The molecule has 1 saturated heterocycles. The minimum atomic E-state index is -4.46. The number of urea groups is 1. The van der Waals surface area contributed by atoms with Gasteiger partial charge in [0.15, 0.2) is 5.82 Å². The Morgan fingerprint density at radius 1 is 1.13 bits per heavy atom. The first-order chi connectivity index (χ1) is 18.2. The van der Waals surface area contributed by atoms with Crippen LogP contribution in [-0.2, 0) is 6.18 Å².